The van der Waals surface area contributed by atoms with Gasteiger partial charge >= 0.3 is 0 Å². The number of aromatic nitrogens is 4. The lowest BCUT2D eigenvalue weighted by molar-refractivity contribution is -0.113. The zero-order chi connectivity index (χ0) is 17.8. The maximum absolute atomic E-state index is 12.1. The Hall–Kier alpha value is -3.01. The van der Waals surface area contributed by atoms with Crippen molar-refractivity contribution in [1.82, 2.24) is 19.9 Å². The molecule has 0 saturated carbocycles. The minimum atomic E-state index is -0.406. The molecule has 0 aliphatic heterocycles. The third-order valence-corrected chi connectivity index (χ3v) is 4.03. The molecule has 2 aromatic heterocycles. The van der Waals surface area contributed by atoms with Crippen molar-refractivity contribution in [2.75, 3.05) is 23.4 Å². The van der Waals surface area contributed by atoms with Crippen LogP contribution in [0.1, 0.15) is 6.92 Å². The van der Waals surface area contributed by atoms with Gasteiger partial charge in [0, 0.05) is 0 Å². The van der Waals surface area contributed by atoms with Crippen LogP contribution in [0, 0.1) is 0 Å². The predicted octanol–water partition coefficient (Wildman–Crippen LogP) is 1.36. The summed E-state index contributed by atoms with van der Waals surface area (Å²) >= 11 is 1.15. The number of nitrogens with two attached hydrogens (primary N) is 1. The molecule has 3 aromatic rings. The van der Waals surface area contributed by atoms with E-state index < -0.39 is 5.56 Å². The van der Waals surface area contributed by atoms with Gasteiger partial charge in [-0.3, -0.25) is 14.6 Å². The molecule has 25 heavy (non-hydrogen) atoms. The summed E-state index contributed by atoms with van der Waals surface area (Å²) in [4.78, 5) is 37.2. The number of carbonyl (C=O) groups excluding carboxylic acids is 1. The number of amides is 1. The minimum Gasteiger partial charge on any atom is -0.492 e. The molecule has 0 aliphatic carbocycles. The number of ether oxygens (including phenoxy) is 1. The second-order valence-corrected chi connectivity index (χ2v) is 5.92. The number of imidazole rings is 1. The molecule has 0 bridgehead atoms. The van der Waals surface area contributed by atoms with Gasteiger partial charge < -0.3 is 20.8 Å². The first-order chi connectivity index (χ1) is 12.1. The van der Waals surface area contributed by atoms with E-state index in [2.05, 4.69) is 25.3 Å². The topological polar surface area (TPSA) is 139 Å². The highest BCUT2D eigenvalue weighted by Gasteiger charge is 2.12. The third-order valence-electron chi connectivity index (χ3n) is 3.16. The molecule has 0 unspecified atom stereocenters. The van der Waals surface area contributed by atoms with E-state index in [-0.39, 0.29) is 28.8 Å². The molecule has 0 saturated heterocycles. The van der Waals surface area contributed by atoms with Crippen LogP contribution in [0.15, 0.2) is 34.2 Å². The van der Waals surface area contributed by atoms with Crippen LogP contribution in [0.4, 0.5) is 11.6 Å². The van der Waals surface area contributed by atoms with Gasteiger partial charge in [0.05, 0.1) is 18.0 Å². The van der Waals surface area contributed by atoms with E-state index in [4.69, 9.17) is 10.5 Å². The van der Waals surface area contributed by atoms with E-state index in [1.165, 1.54) is 0 Å². The molecule has 1 aromatic carbocycles. The Balaban J connectivity index is 1.67. The van der Waals surface area contributed by atoms with Crippen LogP contribution in [-0.4, -0.2) is 38.2 Å². The maximum atomic E-state index is 12.1. The number of aromatic amines is 2. The number of para-hydroxylation sites is 2. The number of rotatable bonds is 6. The Morgan fingerprint density at radius 2 is 2.12 bits per heavy atom. The van der Waals surface area contributed by atoms with E-state index in [0.717, 1.165) is 11.8 Å². The number of hydrogen-bond donors (Lipinski definition) is 4. The quantitative estimate of drug-likeness (QED) is 0.487. The summed E-state index contributed by atoms with van der Waals surface area (Å²) in [5.41, 5.74) is 6.11. The molecule has 0 spiro atoms. The lowest BCUT2D eigenvalue weighted by atomic mass is 10.3. The molecule has 0 fully saturated rings. The molecular weight excluding hydrogens is 344 g/mol. The number of fused-ring (bicyclic) bond motifs is 1. The Kier molecular flexibility index (Phi) is 4.89. The average molecular weight is 360 g/mol. The maximum Gasteiger partial charge on any atom is 0.278 e. The summed E-state index contributed by atoms with van der Waals surface area (Å²) in [6.07, 6.45) is 0. The summed E-state index contributed by atoms with van der Waals surface area (Å²) in [5.74, 6) is 0.483. The normalized spacial score (nSPS) is 10.8. The van der Waals surface area contributed by atoms with Gasteiger partial charge in [0.1, 0.15) is 5.75 Å². The number of nitrogens with zero attached hydrogens (tertiary/aromatic N) is 2. The number of carbonyl (C=O) groups is 1. The van der Waals surface area contributed by atoms with Crippen molar-refractivity contribution >= 4 is 40.5 Å². The van der Waals surface area contributed by atoms with Gasteiger partial charge in [0.15, 0.2) is 16.3 Å². The van der Waals surface area contributed by atoms with Crippen LogP contribution in [0.25, 0.3) is 11.2 Å². The number of nitrogens with one attached hydrogen (secondary N) is 3. The van der Waals surface area contributed by atoms with Crippen molar-refractivity contribution in [1.29, 1.82) is 0 Å². The number of anilines is 2. The summed E-state index contributed by atoms with van der Waals surface area (Å²) in [7, 11) is 0. The highest BCUT2D eigenvalue weighted by molar-refractivity contribution is 7.99. The summed E-state index contributed by atoms with van der Waals surface area (Å²) in [6.45, 7) is 2.38. The molecule has 5 N–H and O–H groups in total. The van der Waals surface area contributed by atoms with E-state index >= 15 is 0 Å². The van der Waals surface area contributed by atoms with Gasteiger partial charge in [-0.15, -0.1) is 0 Å². The van der Waals surface area contributed by atoms with Crippen LogP contribution < -0.4 is 21.3 Å². The molecule has 3 rings (SSSR count). The number of nitrogen functional groups attached to an aromatic ring is 1. The lowest BCUT2D eigenvalue weighted by Crippen LogP contribution is -2.15. The molecule has 0 radical (unpaired) electrons. The molecule has 0 atom stereocenters. The molecule has 9 nitrogen and oxygen atoms in total. The van der Waals surface area contributed by atoms with E-state index in [0.29, 0.717) is 23.2 Å². The summed E-state index contributed by atoms with van der Waals surface area (Å²) < 4.78 is 5.47. The highest BCUT2D eigenvalue weighted by atomic mass is 32.2. The summed E-state index contributed by atoms with van der Waals surface area (Å²) in [5, 5.41) is 3.20. The van der Waals surface area contributed by atoms with Crippen LogP contribution in [-0.2, 0) is 4.79 Å². The molecule has 2 heterocycles. The average Bonchev–Trinajstić information content (AvgIpc) is 2.98. The Bertz CT molecular complexity index is 967. The first-order valence-corrected chi connectivity index (χ1v) is 8.45. The van der Waals surface area contributed by atoms with Crippen molar-refractivity contribution in [3.63, 3.8) is 0 Å². The Labute approximate surface area is 146 Å². The van der Waals surface area contributed by atoms with Crippen molar-refractivity contribution in [2.24, 2.45) is 0 Å². The minimum absolute atomic E-state index is 0.00850. The van der Waals surface area contributed by atoms with Crippen LogP contribution in [0.2, 0.25) is 0 Å². The van der Waals surface area contributed by atoms with Gasteiger partial charge in [0.25, 0.3) is 5.56 Å². The number of hydrogen-bond acceptors (Lipinski definition) is 7. The second kappa shape index (κ2) is 7.26. The fraction of sp³-hybridized carbons (Fsp3) is 0.200. The highest BCUT2D eigenvalue weighted by Crippen LogP contribution is 2.24. The largest absolute Gasteiger partial charge is 0.492 e. The fourth-order valence-corrected chi connectivity index (χ4v) is 2.81. The van der Waals surface area contributed by atoms with Crippen LogP contribution in [0.3, 0.4) is 0 Å². The van der Waals surface area contributed by atoms with Crippen molar-refractivity contribution in [3.8, 4) is 5.75 Å². The lowest BCUT2D eigenvalue weighted by Gasteiger charge is -2.10. The zero-order valence-corrected chi connectivity index (χ0v) is 14.1. The van der Waals surface area contributed by atoms with Crippen molar-refractivity contribution in [2.45, 2.75) is 12.1 Å². The van der Waals surface area contributed by atoms with Gasteiger partial charge in [-0.25, -0.2) is 4.98 Å². The van der Waals surface area contributed by atoms with Crippen molar-refractivity contribution in [3.05, 3.63) is 34.6 Å². The smallest absolute Gasteiger partial charge is 0.278 e. The number of benzene rings is 1. The summed E-state index contributed by atoms with van der Waals surface area (Å²) in [6, 6.07) is 7.20. The molecule has 10 heteroatoms. The zero-order valence-electron chi connectivity index (χ0n) is 13.3. The first kappa shape index (κ1) is 16.8. The van der Waals surface area contributed by atoms with E-state index in [1.54, 1.807) is 12.1 Å². The number of thioether (sulfide) groups is 1. The molecular formula is C15H16N6O3S. The van der Waals surface area contributed by atoms with E-state index in [9.17, 15) is 9.59 Å². The van der Waals surface area contributed by atoms with E-state index in [1.807, 2.05) is 19.1 Å². The Morgan fingerprint density at radius 3 is 2.92 bits per heavy atom. The molecule has 0 aliphatic rings. The van der Waals surface area contributed by atoms with Crippen LogP contribution >= 0.6 is 11.8 Å². The first-order valence-electron chi connectivity index (χ1n) is 7.46. The van der Waals surface area contributed by atoms with Crippen LogP contribution in [0.5, 0.6) is 5.75 Å². The van der Waals surface area contributed by atoms with Gasteiger partial charge in [0.2, 0.25) is 11.9 Å². The standard InChI is InChI=1S/C15H16N6O3S/c1-2-24-9-6-4-3-5-8(9)17-10(22)7-25-15-18-11-12(20-15)19-14(16)21-13(11)23/h3-6H,2,7H2,1H3,(H,17,22)(H4,16,18,19,20,21,23). The van der Waals surface area contributed by atoms with Crippen molar-refractivity contribution < 1.29 is 9.53 Å². The fourth-order valence-electron chi connectivity index (χ4n) is 2.14. The number of H-pyrrole nitrogens is 2. The van der Waals surface area contributed by atoms with Gasteiger partial charge in [-0.05, 0) is 19.1 Å². The monoisotopic (exact) mass is 360 g/mol. The Morgan fingerprint density at radius 1 is 1.32 bits per heavy atom. The molecule has 130 valence electrons. The SMILES string of the molecule is CCOc1ccccc1NC(=O)CSc1nc2nc(N)[nH]c(=O)c2[nH]1. The van der Waals surface area contributed by atoms with Gasteiger partial charge in [-0.1, -0.05) is 23.9 Å². The van der Waals surface area contributed by atoms with Gasteiger partial charge in [-0.2, -0.15) is 4.98 Å². The third kappa shape index (κ3) is 3.91. The second-order valence-electron chi connectivity index (χ2n) is 4.96. The predicted molar refractivity (Wildman–Crippen MR) is 95.9 cm³/mol. The molecule has 1 amide bonds.